The molecule has 0 fully saturated rings. The molecule has 0 saturated heterocycles. The van der Waals surface area contributed by atoms with E-state index in [2.05, 4.69) is 16.0 Å². The Morgan fingerprint density at radius 1 is 1.28 bits per heavy atom. The molecule has 4 nitrogen and oxygen atoms in total. The van der Waals surface area contributed by atoms with Crippen LogP contribution in [0.2, 0.25) is 0 Å². The summed E-state index contributed by atoms with van der Waals surface area (Å²) in [7, 11) is -3.39. The maximum Gasteiger partial charge on any atom is 0.263 e. The van der Waals surface area contributed by atoms with Crippen molar-refractivity contribution in [3.05, 3.63) is 29.8 Å². The van der Waals surface area contributed by atoms with Crippen molar-refractivity contribution in [3.8, 4) is 0 Å². The van der Waals surface area contributed by atoms with Gasteiger partial charge in [0.15, 0.2) is 0 Å². The van der Waals surface area contributed by atoms with Crippen LogP contribution in [0.1, 0.15) is 18.4 Å². The number of nitrogens with one attached hydrogen (secondary N) is 1. The van der Waals surface area contributed by atoms with Gasteiger partial charge >= 0.3 is 0 Å². The van der Waals surface area contributed by atoms with E-state index in [1.165, 1.54) is 0 Å². The predicted molar refractivity (Wildman–Crippen MR) is 75.8 cm³/mol. The van der Waals surface area contributed by atoms with E-state index < -0.39 is 10.0 Å². The van der Waals surface area contributed by atoms with Crippen molar-refractivity contribution in [3.63, 3.8) is 0 Å². The predicted octanol–water partition coefficient (Wildman–Crippen LogP) is 1.87. The van der Waals surface area contributed by atoms with Gasteiger partial charge in [0.2, 0.25) is 0 Å². The number of sulfonamides is 1. The lowest BCUT2D eigenvalue weighted by molar-refractivity contribution is 0.595. The average molecular weight is 284 g/mol. The van der Waals surface area contributed by atoms with Gasteiger partial charge in [-0.2, -0.15) is 11.8 Å². The minimum atomic E-state index is -3.39. The van der Waals surface area contributed by atoms with Crippen molar-refractivity contribution in [2.45, 2.75) is 17.7 Å². The van der Waals surface area contributed by atoms with Gasteiger partial charge in [-0.25, -0.2) is 8.42 Å². The molecule has 1 heterocycles. The van der Waals surface area contributed by atoms with Crippen LogP contribution >= 0.6 is 11.8 Å². The molecule has 18 heavy (non-hydrogen) atoms. The zero-order chi connectivity index (χ0) is 13.0. The molecule has 0 saturated carbocycles. The number of rotatable bonds is 5. The van der Waals surface area contributed by atoms with Crippen molar-refractivity contribution in [1.82, 2.24) is 4.72 Å². The number of thioether (sulfide) groups is 1. The van der Waals surface area contributed by atoms with Crippen molar-refractivity contribution >= 4 is 27.6 Å². The topological polar surface area (TPSA) is 58.5 Å². The lowest BCUT2D eigenvalue weighted by atomic mass is 10.2. The standard InChI is InChI=1S/C12H16N2O2S2/c1-17-9-5-4-8-13-12-10-6-2-3-7-11(10)18(15,16)14-12/h2-3,6-7H,4-5,8-9H2,1H3,(H,13,14). The minimum Gasteiger partial charge on any atom is -0.267 e. The molecule has 1 aliphatic heterocycles. The number of nitrogens with zero attached hydrogens (tertiary/aromatic N) is 1. The van der Waals surface area contributed by atoms with Crippen LogP contribution in [0, 0.1) is 0 Å². The van der Waals surface area contributed by atoms with Gasteiger partial charge < -0.3 is 0 Å². The fourth-order valence-electron chi connectivity index (χ4n) is 1.80. The summed E-state index contributed by atoms with van der Waals surface area (Å²) in [6, 6.07) is 6.94. The van der Waals surface area contributed by atoms with Gasteiger partial charge in [-0.1, -0.05) is 12.1 Å². The van der Waals surface area contributed by atoms with Crippen LogP contribution in [-0.4, -0.2) is 32.8 Å². The van der Waals surface area contributed by atoms with E-state index in [0.29, 0.717) is 22.8 Å². The van der Waals surface area contributed by atoms with E-state index in [1.54, 1.807) is 18.2 Å². The molecule has 98 valence electrons. The van der Waals surface area contributed by atoms with Gasteiger partial charge in [0.25, 0.3) is 10.0 Å². The number of unbranched alkanes of at least 4 members (excludes halogenated alkanes) is 1. The maximum atomic E-state index is 11.8. The van der Waals surface area contributed by atoms with Crippen LogP contribution in [0.15, 0.2) is 34.2 Å². The first-order chi connectivity index (χ1) is 8.65. The number of amidine groups is 1. The van der Waals surface area contributed by atoms with E-state index in [9.17, 15) is 8.42 Å². The molecule has 0 unspecified atom stereocenters. The first-order valence-corrected chi connectivity index (χ1v) is 8.68. The SMILES string of the molecule is CSCCCCN=C1NS(=O)(=O)c2ccccc21. The van der Waals surface area contributed by atoms with E-state index in [4.69, 9.17) is 0 Å². The average Bonchev–Trinajstić information content (AvgIpc) is 2.62. The molecule has 1 aromatic carbocycles. The second kappa shape index (κ2) is 5.75. The molecule has 0 bridgehead atoms. The number of hydrogen-bond donors (Lipinski definition) is 1. The minimum absolute atomic E-state index is 0.327. The van der Waals surface area contributed by atoms with E-state index in [1.807, 2.05) is 17.8 Å². The van der Waals surface area contributed by atoms with Crippen molar-refractivity contribution in [2.75, 3.05) is 18.6 Å². The Morgan fingerprint density at radius 2 is 2.06 bits per heavy atom. The second-order valence-electron chi connectivity index (χ2n) is 4.03. The lowest BCUT2D eigenvalue weighted by Gasteiger charge is -1.99. The quantitative estimate of drug-likeness (QED) is 0.840. The third kappa shape index (κ3) is 2.87. The summed E-state index contributed by atoms with van der Waals surface area (Å²) in [5, 5.41) is 0. The fraction of sp³-hybridized carbons (Fsp3) is 0.417. The Balaban J connectivity index is 2.10. The normalized spacial score (nSPS) is 18.6. The highest BCUT2D eigenvalue weighted by Crippen LogP contribution is 2.22. The molecule has 0 spiro atoms. The molecule has 0 radical (unpaired) electrons. The third-order valence-electron chi connectivity index (χ3n) is 2.69. The maximum absolute atomic E-state index is 11.8. The third-order valence-corrected chi connectivity index (χ3v) is 4.78. The Hall–Kier alpha value is -1.01. The summed E-state index contributed by atoms with van der Waals surface area (Å²) in [4.78, 5) is 4.68. The van der Waals surface area contributed by atoms with E-state index in [0.717, 1.165) is 18.6 Å². The molecule has 0 amide bonds. The molecule has 2 rings (SSSR count). The molecule has 1 aromatic rings. The number of hydrogen-bond acceptors (Lipinski definition) is 4. The highest BCUT2D eigenvalue weighted by Gasteiger charge is 2.29. The summed E-state index contributed by atoms with van der Waals surface area (Å²) < 4.78 is 26.1. The van der Waals surface area contributed by atoms with Crippen LogP contribution < -0.4 is 4.72 Å². The molecule has 0 atom stereocenters. The zero-order valence-corrected chi connectivity index (χ0v) is 11.9. The van der Waals surface area contributed by atoms with Gasteiger partial charge in [-0.05, 0) is 37.0 Å². The summed E-state index contributed by atoms with van der Waals surface area (Å²) >= 11 is 1.81. The van der Waals surface area contributed by atoms with Crippen LogP contribution in [0.25, 0.3) is 0 Å². The van der Waals surface area contributed by atoms with E-state index in [-0.39, 0.29) is 0 Å². The Kier molecular flexibility index (Phi) is 4.29. The zero-order valence-electron chi connectivity index (χ0n) is 10.2. The Bertz CT molecular complexity index is 553. The summed E-state index contributed by atoms with van der Waals surface area (Å²) in [6.07, 6.45) is 4.16. The molecule has 1 N–H and O–H groups in total. The van der Waals surface area contributed by atoms with Crippen LogP contribution in [0.3, 0.4) is 0 Å². The van der Waals surface area contributed by atoms with Crippen LogP contribution in [0.4, 0.5) is 0 Å². The number of aliphatic imine (C=N–C) groups is 1. The molecular weight excluding hydrogens is 268 g/mol. The number of fused-ring (bicyclic) bond motifs is 1. The second-order valence-corrected chi connectivity index (χ2v) is 6.67. The monoisotopic (exact) mass is 284 g/mol. The molecule has 1 aliphatic rings. The van der Waals surface area contributed by atoms with Gasteiger partial charge in [0.05, 0.1) is 4.90 Å². The van der Waals surface area contributed by atoms with Crippen molar-refractivity contribution < 1.29 is 8.42 Å². The van der Waals surface area contributed by atoms with Crippen LogP contribution in [0.5, 0.6) is 0 Å². The van der Waals surface area contributed by atoms with Crippen molar-refractivity contribution in [1.29, 1.82) is 0 Å². The fourth-order valence-corrected chi connectivity index (χ4v) is 3.54. The van der Waals surface area contributed by atoms with E-state index >= 15 is 0 Å². The number of benzene rings is 1. The molecule has 0 aliphatic carbocycles. The highest BCUT2D eigenvalue weighted by molar-refractivity contribution is 7.98. The summed E-state index contributed by atoms with van der Waals surface area (Å²) in [5.74, 6) is 1.60. The first-order valence-electron chi connectivity index (χ1n) is 5.81. The molecule has 0 aromatic heterocycles. The lowest BCUT2D eigenvalue weighted by Crippen LogP contribution is -2.22. The van der Waals surface area contributed by atoms with Gasteiger partial charge in [-0.3, -0.25) is 9.71 Å². The largest absolute Gasteiger partial charge is 0.267 e. The Labute approximate surface area is 112 Å². The van der Waals surface area contributed by atoms with Gasteiger partial charge in [0, 0.05) is 12.1 Å². The first kappa shape index (κ1) is 13.4. The summed E-state index contributed by atoms with van der Waals surface area (Å²) in [5.41, 5.74) is 0.683. The molecule has 6 heteroatoms. The van der Waals surface area contributed by atoms with Crippen molar-refractivity contribution in [2.24, 2.45) is 4.99 Å². The Morgan fingerprint density at radius 3 is 2.83 bits per heavy atom. The van der Waals surface area contributed by atoms with Crippen LogP contribution in [-0.2, 0) is 10.0 Å². The highest BCUT2D eigenvalue weighted by atomic mass is 32.2. The van der Waals surface area contributed by atoms with Gasteiger partial charge in [0.1, 0.15) is 5.84 Å². The molecular formula is C12H16N2O2S2. The summed E-state index contributed by atoms with van der Waals surface area (Å²) in [6.45, 7) is 0.659. The smallest absolute Gasteiger partial charge is 0.263 e. The van der Waals surface area contributed by atoms with Gasteiger partial charge in [-0.15, -0.1) is 0 Å².